The van der Waals surface area contributed by atoms with Crippen LogP contribution < -0.4 is 0 Å². The minimum absolute atomic E-state index is 0.533. The average molecular weight is 282 g/mol. The molecule has 0 aliphatic heterocycles. The standard InChI is InChI=1S/C18H22N2O/c1-21-19-18(15-8-4-2-5-9-15)16-12-13-20(14-16)17-10-6-3-7-11-17/h3,6-7,10-15H,2,4-5,8-9H2,1H3. The molecule has 0 N–H and O–H groups in total. The molecule has 3 heteroatoms. The molecule has 1 aliphatic carbocycles. The summed E-state index contributed by atoms with van der Waals surface area (Å²) in [5, 5.41) is 4.33. The van der Waals surface area contributed by atoms with E-state index in [1.807, 2.05) is 6.07 Å². The number of benzene rings is 1. The average Bonchev–Trinajstić information content (AvgIpc) is 3.04. The fourth-order valence-corrected chi connectivity index (χ4v) is 3.15. The summed E-state index contributed by atoms with van der Waals surface area (Å²) in [5.74, 6) is 0.533. The van der Waals surface area contributed by atoms with Crippen LogP contribution in [0.1, 0.15) is 37.7 Å². The third-order valence-electron chi connectivity index (χ3n) is 4.22. The number of oxime groups is 1. The first-order chi connectivity index (χ1) is 10.4. The molecule has 1 aromatic carbocycles. The molecule has 0 unspecified atom stereocenters. The largest absolute Gasteiger partial charge is 0.399 e. The molecular weight excluding hydrogens is 260 g/mol. The molecule has 1 heterocycles. The second-order valence-electron chi connectivity index (χ2n) is 5.64. The molecule has 0 radical (unpaired) electrons. The van der Waals surface area contributed by atoms with Gasteiger partial charge in [-0.15, -0.1) is 0 Å². The van der Waals surface area contributed by atoms with Crippen LogP contribution in [0.15, 0.2) is 53.9 Å². The van der Waals surface area contributed by atoms with Crippen molar-refractivity contribution in [3.63, 3.8) is 0 Å². The first-order valence-electron chi connectivity index (χ1n) is 7.73. The van der Waals surface area contributed by atoms with Gasteiger partial charge in [0.15, 0.2) is 0 Å². The Kier molecular flexibility index (Phi) is 4.39. The second-order valence-corrected chi connectivity index (χ2v) is 5.64. The molecule has 21 heavy (non-hydrogen) atoms. The topological polar surface area (TPSA) is 26.5 Å². The summed E-state index contributed by atoms with van der Waals surface area (Å²) in [6, 6.07) is 12.5. The Balaban J connectivity index is 1.87. The molecule has 2 aromatic rings. The Morgan fingerprint density at radius 1 is 1.10 bits per heavy atom. The van der Waals surface area contributed by atoms with E-state index in [9.17, 15) is 0 Å². The minimum atomic E-state index is 0.533. The van der Waals surface area contributed by atoms with Crippen molar-refractivity contribution >= 4 is 5.71 Å². The molecule has 1 fully saturated rings. The molecule has 110 valence electrons. The lowest BCUT2D eigenvalue weighted by Gasteiger charge is -2.22. The first-order valence-corrected chi connectivity index (χ1v) is 7.73. The van der Waals surface area contributed by atoms with E-state index in [1.54, 1.807) is 7.11 Å². The molecule has 3 rings (SSSR count). The van der Waals surface area contributed by atoms with Gasteiger partial charge < -0.3 is 9.40 Å². The highest BCUT2D eigenvalue weighted by Crippen LogP contribution is 2.28. The summed E-state index contributed by atoms with van der Waals surface area (Å²) < 4.78 is 2.14. The van der Waals surface area contributed by atoms with E-state index in [2.05, 4.69) is 52.4 Å². The van der Waals surface area contributed by atoms with E-state index in [-0.39, 0.29) is 0 Å². The number of hydrogen-bond acceptors (Lipinski definition) is 2. The van der Waals surface area contributed by atoms with Crippen LogP contribution >= 0.6 is 0 Å². The zero-order valence-electron chi connectivity index (χ0n) is 12.5. The van der Waals surface area contributed by atoms with Gasteiger partial charge in [0.05, 0.1) is 5.71 Å². The van der Waals surface area contributed by atoms with E-state index in [1.165, 1.54) is 43.4 Å². The van der Waals surface area contributed by atoms with Crippen LogP contribution in [0.25, 0.3) is 5.69 Å². The van der Waals surface area contributed by atoms with E-state index in [0.29, 0.717) is 5.92 Å². The van der Waals surface area contributed by atoms with Gasteiger partial charge in [-0.1, -0.05) is 42.6 Å². The number of rotatable bonds is 4. The summed E-state index contributed by atoms with van der Waals surface area (Å²) in [4.78, 5) is 5.11. The summed E-state index contributed by atoms with van der Waals surface area (Å²) in [6.45, 7) is 0. The lowest BCUT2D eigenvalue weighted by molar-refractivity contribution is 0.210. The Hall–Kier alpha value is -2.03. The van der Waals surface area contributed by atoms with Gasteiger partial charge in [-0.05, 0) is 31.0 Å². The molecule has 3 nitrogen and oxygen atoms in total. The monoisotopic (exact) mass is 282 g/mol. The van der Waals surface area contributed by atoms with Gasteiger partial charge in [-0.3, -0.25) is 0 Å². The summed E-state index contributed by atoms with van der Waals surface area (Å²) in [6.07, 6.45) is 10.6. The zero-order valence-corrected chi connectivity index (χ0v) is 12.5. The van der Waals surface area contributed by atoms with Crippen molar-refractivity contribution in [3.05, 3.63) is 54.4 Å². The van der Waals surface area contributed by atoms with Crippen LogP contribution in [0.4, 0.5) is 0 Å². The smallest absolute Gasteiger partial charge is 0.106 e. The maximum atomic E-state index is 5.11. The molecule has 0 atom stereocenters. The van der Waals surface area contributed by atoms with Crippen molar-refractivity contribution in [2.45, 2.75) is 32.1 Å². The zero-order chi connectivity index (χ0) is 14.5. The highest BCUT2D eigenvalue weighted by molar-refractivity contribution is 6.02. The normalized spacial score (nSPS) is 16.9. The van der Waals surface area contributed by atoms with Crippen molar-refractivity contribution < 1.29 is 4.84 Å². The quantitative estimate of drug-likeness (QED) is 0.602. The van der Waals surface area contributed by atoms with Crippen molar-refractivity contribution in [1.29, 1.82) is 0 Å². The van der Waals surface area contributed by atoms with Crippen molar-refractivity contribution in [1.82, 2.24) is 4.57 Å². The first kappa shape index (κ1) is 13.9. The van der Waals surface area contributed by atoms with Gasteiger partial charge in [0.2, 0.25) is 0 Å². The van der Waals surface area contributed by atoms with Gasteiger partial charge in [-0.25, -0.2) is 0 Å². The van der Waals surface area contributed by atoms with Gasteiger partial charge in [0.1, 0.15) is 7.11 Å². The van der Waals surface area contributed by atoms with Gasteiger partial charge in [0.25, 0.3) is 0 Å². The number of hydrogen-bond donors (Lipinski definition) is 0. The molecule has 1 saturated carbocycles. The summed E-state index contributed by atoms with van der Waals surface area (Å²) >= 11 is 0. The predicted octanol–water partition coefficient (Wildman–Crippen LogP) is 4.41. The van der Waals surface area contributed by atoms with Crippen molar-refractivity contribution in [2.24, 2.45) is 11.1 Å². The lowest BCUT2D eigenvalue weighted by atomic mass is 9.84. The maximum absolute atomic E-state index is 5.11. The van der Waals surface area contributed by atoms with E-state index in [4.69, 9.17) is 4.84 Å². The number of nitrogens with zero attached hydrogens (tertiary/aromatic N) is 2. The predicted molar refractivity (Wildman–Crippen MR) is 85.9 cm³/mol. The van der Waals surface area contributed by atoms with Crippen molar-refractivity contribution in [3.8, 4) is 5.69 Å². The Labute approximate surface area is 126 Å². The fourth-order valence-electron chi connectivity index (χ4n) is 3.15. The van der Waals surface area contributed by atoms with Crippen LogP contribution in [0.2, 0.25) is 0 Å². The Bertz CT molecular complexity index is 595. The molecule has 0 amide bonds. The van der Waals surface area contributed by atoms with Gasteiger partial charge in [0, 0.05) is 29.6 Å². The van der Waals surface area contributed by atoms with Crippen LogP contribution in [0.3, 0.4) is 0 Å². The Morgan fingerprint density at radius 3 is 2.57 bits per heavy atom. The number of para-hydroxylation sites is 1. The van der Waals surface area contributed by atoms with E-state index in [0.717, 1.165) is 5.71 Å². The maximum Gasteiger partial charge on any atom is 0.106 e. The molecule has 0 bridgehead atoms. The van der Waals surface area contributed by atoms with Crippen molar-refractivity contribution in [2.75, 3.05) is 7.11 Å². The molecule has 1 aromatic heterocycles. The highest BCUT2D eigenvalue weighted by Gasteiger charge is 2.22. The molecule has 0 spiro atoms. The van der Waals surface area contributed by atoms with Gasteiger partial charge in [-0.2, -0.15) is 0 Å². The van der Waals surface area contributed by atoms with Crippen LogP contribution in [0, 0.1) is 5.92 Å². The van der Waals surface area contributed by atoms with Crippen LogP contribution in [0.5, 0.6) is 0 Å². The highest BCUT2D eigenvalue weighted by atomic mass is 16.6. The minimum Gasteiger partial charge on any atom is -0.399 e. The SMILES string of the molecule is CON=C(c1ccn(-c2ccccc2)c1)C1CCCCC1. The van der Waals surface area contributed by atoms with E-state index < -0.39 is 0 Å². The van der Waals surface area contributed by atoms with Crippen LogP contribution in [-0.4, -0.2) is 17.4 Å². The number of aromatic nitrogens is 1. The fraction of sp³-hybridized carbons (Fsp3) is 0.389. The lowest BCUT2D eigenvalue weighted by Crippen LogP contribution is -2.19. The summed E-state index contributed by atoms with van der Waals surface area (Å²) in [5.41, 5.74) is 3.45. The molecule has 1 aliphatic rings. The van der Waals surface area contributed by atoms with E-state index >= 15 is 0 Å². The third-order valence-corrected chi connectivity index (χ3v) is 4.22. The second kappa shape index (κ2) is 6.61. The Morgan fingerprint density at radius 2 is 1.86 bits per heavy atom. The van der Waals surface area contributed by atoms with Crippen LogP contribution in [-0.2, 0) is 4.84 Å². The molecular formula is C18H22N2O. The molecule has 0 saturated heterocycles. The summed E-state index contributed by atoms with van der Waals surface area (Å²) in [7, 11) is 1.64. The van der Waals surface area contributed by atoms with Gasteiger partial charge >= 0.3 is 0 Å². The third kappa shape index (κ3) is 3.18.